The van der Waals surface area contributed by atoms with Crippen LogP contribution in [0.3, 0.4) is 0 Å². The zero-order valence-electron chi connectivity index (χ0n) is 75.8. The van der Waals surface area contributed by atoms with E-state index in [1.165, 1.54) is 193 Å². The van der Waals surface area contributed by atoms with Gasteiger partial charge in [0.05, 0.1) is 0 Å². The molecule has 0 radical (unpaired) electrons. The third-order valence-electron chi connectivity index (χ3n) is 17.5. The van der Waals surface area contributed by atoms with Gasteiger partial charge in [0.2, 0.25) is 0 Å². The van der Waals surface area contributed by atoms with Crippen LogP contribution in [0.1, 0.15) is 447 Å². The molecule has 0 bridgehead atoms. The van der Waals surface area contributed by atoms with E-state index in [4.69, 9.17) is 63.3 Å². The number of rotatable bonds is 66. The van der Waals surface area contributed by atoms with Gasteiger partial charge in [-0.25, -0.2) is 0 Å². The molecule has 0 aromatic heterocycles. The van der Waals surface area contributed by atoms with E-state index in [9.17, 15) is 32.0 Å². The highest BCUT2D eigenvalue weighted by atomic mass is 31.1. The molecule has 28 heteroatoms. The summed E-state index contributed by atoms with van der Waals surface area (Å²) in [4.78, 5) is 0. The SMILES string of the molecule is CC(C)(C)O[P+](=O)OC(C)(C)C.CC(C)O[P+](=O)OC(C)C.CCCCC(CC)CO[P+](=O)OCC(CC)CCCC.CCCCCCCCO[P+](=O)OCCCCCCCC.CCCCCCCO[P+](=O)OCCCCCCC.CCCCCCO[P+](=O)OCCCCCC.O=[P+](OC1CCCCC1)OC1CCCCC1. The van der Waals surface area contributed by atoms with Gasteiger partial charge in [0.25, 0.3) is 0 Å². The lowest BCUT2D eigenvalue weighted by atomic mass is 9.98. The van der Waals surface area contributed by atoms with Gasteiger partial charge in [0, 0.05) is 32.0 Å². The van der Waals surface area contributed by atoms with Crippen LogP contribution in [-0.4, -0.2) is 88.5 Å². The van der Waals surface area contributed by atoms with Crippen molar-refractivity contribution in [2.75, 3.05) is 52.9 Å². The Balaban J connectivity index is -0.000000401. The summed E-state index contributed by atoms with van der Waals surface area (Å²) in [6, 6.07) is 0. The molecule has 2 rings (SSSR count). The van der Waals surface area contributed by atoms with Gasteiger partial charge in [0.15, 0.2) is 0 Å². The molecule has 2 aliphatic rings. The summed E-state index contributed by atoms with van der Waals surface area (Å²) >= 11 is 0. The Hall–Kier alpha value is 0.140. The molecule has 0 spiro atoms. The summed E-state index contributed by atoms with van der Waals surface area (Å²) < 4.78 is 152. The molecule has 2 fully saturated rings. The molecule has 2 aliphatic carbocycles. The quantitative estimate of drug-likeness (QED) is 0.0405. The minimum absolute atomic E-state index is 0.0395. The zero-order valence-corrected chi connectivity index (χ0v) is 82.0. The molecule has 0 saturated heterocycles. The van der Waals surface area contributed by atoms with Gasteiger partial charge >= 0.3 is 57.8 Å². The maximum absolute atomic E-state index is 11.7. The largest absolute Gasteiger partial charge is 0.698 e. The smallest absolute Gasteiger partial charge is 0.119 e. The van der Waals surface area contributed by atoms with Crippen molar-refractivity contribution in [1.29, 1.82) is 0 Å². The third kappa shape index (κ3) is 104. The van der Waals surface area contributed by atoms with Gasteiger partial charge in [-0.15, -0.1) is 63.3 Å². The fraction of sp³-hybridized carbons (Fsp3) is 1.00. The first-order valence-electron chi connectivity index (χ1n) is 45.0. The normalized spacial score (nSPS) is 13.8. The molecular weight excluding hydrogens is 1560 g/mol. The molecule has 21 nitrogen and oxygen atoms in total. The van der Waals surface area contributed by atoms with E-state index in [0.717, 1.165) is 116 Å². The van der Waals surface area contributed by atoms with Crippen molar-refractivity contribution in [3.63, 3.8) is 0 Å². The average molecular weight is 1740 g/mol. The topological polar surface area (TPSA) is 249 Å². The van der Waals surface area contributed by atoms with Crippen LogP contribution in [-0.2, 0) is 95.3 Å². The second-order valence-electron chi connectivity index (χ2n) is 31.9. The van der Waals surface area contributed by atoms with Crippen LogP contribution in [0.2, 0.25) is 0 Å². The van der Waals surface area contributed by atoms with Gasteiger partial charge < -0.3 is 0 Å². The fourth-order valence-electron chi connectivity index (χ4n) is 10.8. The molecule has 2 unspecified atom stereocenters. The Morgan fingerprint density at radius 3 is 0.714 bits per heavy atom. The minimum atomic E-state index is -2.01. The average Bonchev–Trinajstić information content (AvgIpc) is 0.917. The number of hydrogen-bond donors (Lipinski definition) is 0. The molecule has 0 aromatic rings. The molecule has 0 aliphatic heterocycles. The lowest BCUT2D eigenvalue weighted by Gasteiger charge is -2.18. The van der Waals surface area contributed by atoms with Gasteiger partial charge in [-0.2, -0.15) is 0 Å². The number of hydrogen-bond acceptors (Lipinski definition) is 21. The minimum Gasteiger partial charge on any atom is -0.119 e. The lowest BCUT2D eigenvalue weighted by Crippen LogP contribution is -2.19. The van der Waals surface area contributed by atoms with Crippen molar-refractivity contribution in [3.05, 3.63) is 0 Å². The van der Waals surface area contributed by atoms with Crippen molar-refractivity contribution >= 4 is 57.8 Å². The summed E-state index contributed by atoms with van der Waals surface area (Å²) in [7, 11) is -13.4. The van der Waals surface area contributed by atoms with Crippen LogP contribution < -0.4 is 0 Å². The Morgan fingerprint density at radius 2 is 0.491 bits per heavy atom. The van der Waals surface area contributed by atoms with Crippen LogP contribution in [0.5, 0.6) is 0 Å². The predicted molar refractivity (Wildman–Crippen MR) is 470 cm³/mol. The molecule has 668 valence electrons. The summed E-state index contributed by atoms with van der Waals surface area (Å²) in [5, 5.41) is 0. The first-order valence-corrected chi connectivity index (χ1v) is 52.6. The van der Waals surface area contributed by atoms with Gasteiger partial charge in [-0.1, -0.05) is 300 Å². The standard InChI is InChI=1S/2C16H34O3P.C14H30O3P.C12H22O3P.C12H26O3P.C8H18O3P.C6H14O3P/c1-5-9-11-15(7-3)13-18-20(17)19-14-16(8-4)12-10-6-2;1-3-5-7-9-11-13-15-18-20(17)19-16-14-12-10-8-6-4-2;1-3-5-7-9-11-13-16-18(15)17-14-12-10-8-6-4-2;13-16(14-11-7-3-1-4-8-11)15-12-9-5-2-6-10-12;1-3-5-7-9-11-14-16(13)15-12-10-8-6-4-2;1-7(2,3)10-12(9)11-8(4,5)6;1-5(2)8-10(7)9-6(3)4/h15-16H,5-14H2,1-4H3;3-16H2,1-2H3;3-14H2,1-2H3;11-12H,1-10H2;3-12H2,1-2H3;1-6H3;5-6H,1-4H3/q7*+1. The summed E-state index contributed by atoms with van der Waals surface area (Å²) in [6.07, 6.45) is 56.8. The zero-order chi connectivity index (χ0) is 85.0. The second-order valence-corrected chi connectivity index (χ2v) is 38.3. The van der Waals surface area contributed by atoms with Crippen molar-refractivity contribution in [2.45, 2.75) is 482 Å². The van der Waals surface area contributed by atoms with Crippen LogP contribution in [0.4, 0.5) is 0 Å². The maximum Gasteiger partial charge on any atom is 0.698 e. The molecule has 0 N–H and O–H groups in total. The van der Waals surface area contributed by atoms with Gasteiger partial charge in [-0.05, 0) is 158 Å². The van der Waals surface area contributed by atoms with Crippen molar-refractivity contribution in [3.8, 4) is 0 Å². The fourth-order valence-corrected chi connectivity index (χ4v) is 16.1. The van der Waals surface area contributed by atoms with Crippen LogP contribution in [0, 0.1) is 11.8 Å². The molecule has 2 atom stereocenters. The molecule has 2 saturated carbocycles. The van der Waals surface area contributed by atoms with E-state index < -0.39 is 69.0 Å². The number of unbranched alkanes of at least 4 members (excludes halogenated alkanes) is 26. The highest BCUT2D eigenvalue weighted by Crippen LogP contribution is 2.38. The van der Waals surface area contributed by atoms with Crippen molar-refractivity contribution in [1.82, 2.24) is 0 Å². The summed E-state index contributed by atoms with van der Waals surface area (Å²) in [5.74, 6) is 1.03. The van der Waals surface area contributed by atoms with Crippen molar-refractivity contribution in [2.24, 2.45) is 11.8 Å². The predicted octanol–water partition coefficient (Wildman–Crippen LogP) is 33.1. The van der Waals surface area contributed by atoms with Crippen LogP contribution >= 0.6 is 57.8 Å². The highest BCUT2D eigenvalue weighted by molar-refractivity contribution is 7.34. The lowest BCUT2D eigenvalue weighted by molar-refractivity contribution is 0.0633. The Morgan fingerprint density at radius 1 is 0.268 bits per heavy atom. The maximum atomic E-state index is 11.7. The summed E-state index contributed by atoms with van der Waals surface area (Å²) in [6.45, 7) is 44.7. The van der Waals surface area contributed by atoms with E-state index in [2.05, 4.69) is 69.2 Å². The Kier molecular flexibility index (Phi) is 99.0. The molecule has 112 heavy (non-hydrogen) atoms. The van der Waals surface area contributed by atoms with Crippen LogP contribution in [0.25, 0.3) is 0 Å². The van der Waals surface area contributed by atoms with Gasteiger partial charge in [0.1, 0.15) is 88.5 Å². The highest BCUT2D eigenvalue weighted by Gasteiger charge is 2.36. The molecular formula is C84H178O21P7+7. The van der Waals surface area contributed by atoms with E-state index >= 15 is 0 Å². The Bertz CT molecular complexity index is 1950. The second kappa shape index (κ2) is 91.9. The molecule has 0 heterocycles. The van der Waals surface area contributed by atoms with E-state index in [1.54, 1.807) is 0 Å². The van der Waals surface area contributed by atoms with Crippen LogP contribution in [0.15, 0.2) is 0 Å². The van der Waals surface area contributed by atoms with Crippen molar-refractivity contribution < 1.29 is 95.3 Å². The monoisotopic (exact) mass is 1740 g/mol. The first kappa shape index (κ1) is 121. The van der Waals surface area contributed by atoms with Gasteiger partial charge in [-0.3, -0.25) is 0 Å². The Labute approximate surface area is 696 Å². The molecule has 0 amide bonds. The van der Waals surface area contributed by atoms with E-state index in [0.29, 0.717) is 64.7 Å². The first-order chi connectivity index (χ1) is 53.6. The van der Waals surface area contributed by atoms with E-state index in [1.807, 2.05) is 69.2 Å². The third-order valence-corrected chi connectivity index (χ3v) is 24.1. The summed E-state index contributed by atoms with van der Waals surface area (Å²) in [5.41, 5.74) is -0.836. The van der Waals surface area contributed by atoms with E-state index in [-0.39, 0.29) is 24.4 Å². The molecule has 0 aromatic carbocycles.